The Morgan fingerprint density at radius 1 is 1.31 bits per heavy atom. The summed E-state index contributed by atoms with van der Waals surface area (Å²) in [7, 11) is 0. The van der Waals surface area contributed by atoms with E-state index in [1.807, 2.05) is 6.92 Å². The van der Waals surface area contributed by atoms with E-state index in [2.05, 4.69) is 0 Å². The van der Waals surface area contributed by atoms with Crippen molar-refractivity contribution in [3.8, 4) is 0 Å². The summed E-state index contributed by atoms with van der Waals surface area (Å²) in [6.45, 7) is 4.40. The van der Waals surface area contributed by atoms with Gasteiger partial charge < -0.3 is 9.84 Å². The molecule has 0 aliphatic heterocycles. The third-order valence-corrected chi connectivity index (χ3v) is 1.72. The molecule has 0 heterocycles. The summed E-state index contributed by atoms with van der Waals surface area (Å²) < 4.78 is 4.86. The maximum Gasteiger partial charge on any atom is 0.305 e. The lowest BCUT2D eigenvalue weighted by atomic mass is 10.3. The molecule has 0 aliphatic carbocycles. The molecule has 0 atom stereocenters. The smallest absolute Gasteiger partial charge is 0.305 e. The summed E-state index contributed by atoms with van der Waals surface area (Å²) in [5.41, 5.74) is 0.599. The second-order valence-corrected chi connectivity index (χ2v) is 3.14. The van der Waals surface area contributed by atoms with E-state index in [1.165, 1.54) is 0 Å². The average Bonchev–Trinajstić information content (AvgIpc) is 2.32. The van der Waals surface area contributed by atoms with Crippen molar-refractivity contribution in [3.63, 3.8) is 0 Å². The molecule has 0 fully saturated rings. The van der Waals surface area contributed by atoms with Gasteiger partial charge in [0.15, 0.2) is 0 Å². The molecule has 0 radical (unpaired) electrons. The Morgan fingerprint density at radius 3 is 2.62 bits per heavy atom. The van der Waals surface area contributed by atoms with E-state index in [-0.39, 0.29) is 25.8 Å². The highest BCUT2D eigenvalue weighted by Crippen LogP contribution is 1.97. The van der Waals surface area contributed by atoms with Gasteiger partial charge in [0.05, 0.1) is 13.2 Å². The summed E-state index contributed by atoms with van der Waals surface area (Å²) in [6.07, 6.45) is 2.85. The van der Waals surface area contributed by atoms with Gasteiger partial charge in [0.25, 0.3) is 0 Å². The molecule has 0 bridgehead atoms. The lowest BCUT2D eigenvalue weighted by molar-refractivity contribution is -0.286. The van der Waals surface area contributed by atoms with Gasteiger partial charge in [-0.2, -0.15) is 0 Å². The predicted molar refractivity (Wildman–Crippen MR) is 58.6 cm³/mol. The van der Waals surface area contributed by atoms with Gasteiger partial charge in [0.1, 0.15) is 13.2 Å². The van der Waals surface area contributed by atoms with Gasteiger partial charge >= 0.3 is 5.97 Å². The first kappa shape index (κ1) is 15.1. The average molecular weight is 232 g/mol. The summed E-state index contributed by atoms with van der Waals surface area (Å²) >= 11 is 0. The lowest BCUT2D eigenvalue weighted by Crippen LogP contribution is -2.09. The molecule has 0 aromatic heterocycles. The number of hydrogen-bond acceptors (Lipinski definition) is 5. The number of aliphatic hydroxyl groups is 1. The minimum absolute atomic E-state index is 0.0975. The van der Waals surface area contributed by atoms with Crippen molar-refractivity contribution < 1.29 is 24.4 Å². The quantitative estimate of drug-likeness (QED) is 0.213. The first-order chi connectivity index (χ1) is 7.74. The SMILES string of the molecule is CCCOOCC=C(CO)COC(=O)CC. The fraction of sp³-hybridized carbons (Fsp3) is 0.727. The zero-order chi connectivity index (χ0) is 12.2. The molecule has 94 valence electrons. The van der Waals surface area contributed by atoms with Crippen LogP contribution >= 0.6 is 0 Å². The van der Waals surface area contributed by atoms with Gasteiger partial charge in [-0.3, -0.25) is 4.79 Å². The Kier molecular flexibility index (Phi) is 10.00. The number of aliphatic hydroxyl groups excluding tert-OH is 1. The molecule has 0 aliphatic rings. The van der Waals surface area contributed by atoms with Crippen molar-refractivity contribution in [3.05, 3.63) is 11.6 Å². The normalized spacial score (nSPS) is 11.6. The highest BCUT2D eigenvalue weighted by molar-refractivity contribution is 5.69. The van der Waals surface area contributed by atoms with Crippen molar-refractivity contribution in [1.82, 2.24) is 0 Å². The van der Waals surface area contributed by atoms with Crippen LogP contribution in [0.15, 0.2) is 11.6 Å². The van der Waals surface area contributed by atoms with Gasteiger partial charge in [-0.15, -0.1) is 0 Å². The van der Waals surface area contributed by atoms with Gasteiger partial charge in [-0.05, 0) is 12.0 Å². The second kappa shape index (κ2) is 10.6. The van der Waals surface area contributed by atoms with Crippen molar-refractivity contribution in [1.29, 1.82) is 0 Å². The van der Waals surface area contributed by atoms with E-state index in [9.17, 15) is 4.79 Å². The third-order valence-electron chi connectivity index (χ3n) is 1.72. The van der Waals surface area contributed by atoms with Crippen LogP contribution in [0.3, 0.4) is 0 Å². The van der Waals surface area contributed by atoms with E-state index >= 15 is 0 Å². The number of carbonyl (C=O) groups excluding carboxylic acids is 1. The van der Waals surface area contributed by atoms with Gasteiger partial charge in [0.2, 0.25) is 0 Å². The lowest BCUT2D eigenvalue weighted by Gasteiger charge is -2.05. The highest BCUT2D eigenvalue weighted by Gasteiger charge is 2.01. The van der Waals surface area contributed by atoms with E-state index in [1.54, 1.807) is 13.0 Å². The molecule has 0 saturated heterocycles. The third kappa shape index (κ3) is 8.40. The summed E-state index contributed by atoms with van der Waals surface area (Å²) in [5, 5.41) is 8.96. The standard InChI is InChI=1S/C11H20O5/c1-3-6-15-16-7-5-10(8-12)9-14-11(13)4-2/h5,12H,3-4,6-9H2,1-2H3. The predicted octanol–water partition coefficient (Wildman–Crippen LogP) is 1.22. The summed E-state index contributed by atoms with van der Waals surface area (Å²) in [4.78, 5) is 20.5. The monoisotopic (exact) mass is 232 g/mol. The maximum absolute atomic E-state index is 10.9. The van der Waals surface area contributed by atoms with Crippen molar-refractivity contribution in [2.45, 2.75) is 26.7 Å². The number of rotatable bonds is 9. The van der Waals surface area contributed by atoms with Crippen LogP contribution in [0.4, 0.5) is 0 Å². The molecule has 0 rings (SSSR count). The van der Waals surface area contributed by atoms with Crippen LogP contribution in [-0.2, 0) is 19.3 Å². The van der Waals surface area contributed by atoms with Crippen LogP contribution in [-0.4, -0.2) is 37.5 Å². The zero-order valence-electron chi connectivity index (χ0n) is 9.90. The van der Waals surface area contributed by atoms with Crippen LogP contribution < -0.4 is 0 Å². The highest BCUT2D eigenvalue weighted by atomic mass is 17.2. The number of esters is 1. The molecule has 5 nitrogen and oxygen atoms in total. The molecular weight excluding hydrogens is 212 g/mol. The topological polar surface area (TPSA) is 65.0 Å². The molecule has 0 unspecified atom stereocenters. The van der Waals surface area contributed by atoms with Gasteiger partial charge in [-0.1, -0.05) is 19.9 Å². The van der Waals surface area contributed by atoms with E-state index in [0.717, 1.165) is 6.42 Å². The first-order valence-corrected chi connectivity index (χ1v) is 5.43. The van der Waals surface area contributed by atoms with Gasteiger partial charge in [-0.25, -0.2) is 9.78 Å². The number of ether oxygens (including phenoxy) is 1. The molecule has 5 heteroatoms. The van der Waals surface area contributed by atoms with Crippen molar-refractivity contribution in [2.75, 3.05) is 26.4 Å². The molecule has 0 amide bonds. The van der Waals surface area contributed by atoms with Crippen molar-refractivity contribution in [2.24, 2.45) is 0 Å². The summed E-state index contributed by atoms with van der Waals surface area (Å²) in [5.74, 6) is -0.289. The Bertz CT molecular complexity index is 212. The molecule has 16 heavy (non-hydrogen) atoms. The second-order valence-electron chi connectivity index (χ2n) is 3.14. The molecule has 0 saturated carbocycles. The van der Waals surface area contributed by atoms with Crippen LogP contribution in [0.5, 0.6) is 0 Å². The van der Waals surface area contributed by atoms with Gasteiger partial charge in [0, 0.05) is 6.42 Å². The van der Waals surface area contributed by atoms with E-state index in [0.29, 0.717) is 18.6 Å². The van der Waals surface area contributed by atoms with E-state index < -0.39 is 0 Å². The zero-order valence-corrected chi connectivity index (χ0v) is 9.90. The summed E-state index contributed by atoms with van der Waals surface area (Å²) in [6, 6.07) is 0. The van der Waals surface area contributed by atoms with Crippen LogP contribution in [0.25, 0.3) is 0 Å². The number of hydrogen-bond donors (Lipinski definition) is 1. The molecule has 1 N–H and O–H groups in total. The Morgan fingerprint density at radius 2 is 2.06 bits per heavy atom. The van der Waals surface area contributed by atoms with Crippen LogP contribution in [0, 0.1) is 0 Å². The minimum Gasteiger partial charge on any atom is -0.461 e. The largest absolute Gasteiger partial charge is 0.461 e. The molecular formula is C11H20O5. The Hall–Kier alpha value is -0.910. The molecule has 0 aromatic rings. The fourth-order valence-corrected chi connectivity index (χ4v) is 0.787. The van der Waals surface area contributed by atoms with E-state index in [4.69, 9.17) is 19.6 Å². The number of carbonyl (C=O) groups is 1. The minimum atomic E-state index is -0.289. The van der Waals surface area contributed by atoms with Crippen molar-refractivity contribution >= 4 is 5.97 Å². The molecule has 0 aromatic carbocycles. The maximum atomic E-state index is 10.9. The Labute approximate surface area is 95.9 Å². The Balaban J connectivity index is 3.70. The van der Waals surface area contributed by atoms with Crippen LogP contribution in [0.2, 0.25) is 0 Å². The fourth-order valence-electron chi connectivity index (χ4n) is 0.787. The van der Waals surface area contributed by atoms with Crippen LogP contribution in [0.1, 0.15) is 26.7 Å². The molecule has 0 spiro atoms. The first-order valence-electron chi connectivity index (χ1n) is 5.43.